The molecule has 0 radical (unpaired) electrons. The van der Waals surface area contributed by atoms with Crippen molar-refractivity contribution in [2.45, 2.75) is 40.7 Å². The zero-order chi connectivity index (χ0) is 9.90. The van der Waals surface area contributed by atoms with E-state index in [-0.39, 0.29) is 0 Å². The van der Waals surface area contributed by atoms with Gasteiger partial charge >= 0.3 is 0 Å². The first-order valence-electron chi connectivity index (χ1n) is 4.97. The molecule has 1 aromatic heterocycles. The SMILES string of the molecule is CC(CCn1cccn1)C(C)(C)C. The molecule has 0 fully saturated rings. The largest absolute Gasteiger partial charge is 0.273 e. The Kier molecular flexibility index (Phi) is 3.12. The summed E-state index contributed by atoms with van der Waals surface area (Å²) in [5, 5.41) is 4.19. The van der Waals surface area contributed by atoms with Crippen LogP contribution < -0.4 is 0 Å². The summed E-state index contributed by atoms with van der Waals surface area (Å²) in [6.07, 6.45) is 5.06. The first-order chi connectivity index (χ1) is 6.00. The molecule has 0 aliphatic heterocycles. The predicted octanol–water partition coefficient (Wildman–Crippen LogP) is 2.96. The Balaban J connectivity index is 2.35. The van der Waals surface area contributed by atoms with Crippen LogP contribution in [0.3, 0.4) is 0 Å². The molecule has 0 bridgehead atoms. The van der Waals surface area contributed by atoms with Crippen molar-refractivity contribution in [1.29, 1.82) is 0 Å². The highest BCUT2D eigenvalue weighted by Gasteiger charge is 2.19. The van der Waals surface area contributed by atoms with Gasteiger partial charge in [-0.05, 0) is 23.8 Å². The lowest BCUT2D eigenvalue weighted by Gasteiger charge is -2.27. The molecule has 0 N–H and O–H groups in total. The molecular weight excluding hydrogens is 160 g/mol. The standard InChI is InChI=1S/C11H20N2/c1-10(11(2,3)4)6-9-13-8-5-7-12-13/h5,7-8,10H,6,9H2,1-4H3. The van der Waals surface area contributed by atoms with Crippen LogP contribution in [0, 0.1) is 11.3 Å². The molecule has 13 heavy (non-hydrogen) atoms. The highest BCUT2D eigenvalue weighted by molar-refractivity contribution is 4.78. The van der Waals surface area contributed by atoms with E-state index in [9.17, 15) is 0 Å². The second-order valence-corrected chi connectivity index (χ2v) is 4.82. The molecular formula is C11H20N2. The first kappa shape index (κ1) is 10.3. The van der Waals surface area contributed by atoms with E-state index in [2.05, 4.69) is 32.8 Å². The average Bonchev–Trinajstić information content (AvgIpc) is 2.50. The smallest absolute Gasteiger partial charge is 0.0489 e. The van der Waals surface area contributed by atoms with E-state index in [4.69, 9.17) is 0 Å². The molecule has 0 aliphatic rings. The van der Waals surface area contributed by atoms with Gasteiger partial charge in [-0.15, -0.1) is 0 Å². The van der Waals surface area contributed by atoms with E-state index in [1.807, 2.05) is 23.1 Å². The zero-order valence-corrected chi connectivity index (χ0v) is 9.12. The van der Waals surface area contributed by atoms with Crippen molar-refractivity contribution in [3.8, 4) is 0 Å². The van der Waals surface area contributed by atoms with Gasteiger partial charge in [0.05, 0.1) is 0 Å². The summed E-state index contributed by atoms with van der Waals surface area (Å²) in [5.74, 6) is 0.733. The van der Waals surface area contributed by atoms with Crippen LogP contribution in [0.15, 0.2) is 18.5 Å². The Morgan fingerprint density at radius 3 is 2.54 bits per heavy atom. The fourth-order valence-corrected chi connectivity index (χ4v) is 1.19. The molecule has 74 valence electrons. The average molecular weight is 180 g/mol. The number of rotatable bonds is 3. The Labute approximate surface area is 81.0 Å². The molecule has 1 heterocycles. The van der Waals surface area contributed by atoms with Gasteiger partial charge in [-0.3, -0.25) is 4.68 Å². The fraction of sp³-hybridized carbons (Fsp3) is 0.727. The molecule has 1 atom stereocenters. The quantitative estimate of drug-likeness (QED) is 0.699. The molecule has 0 spiro atoms. The maximum Gasteiger partial charge on any atom is 0.0489 e. The molecule has 1 unspecified atom stereocenters. The van der Waals surface area contributed by atoms with Gasteiger partial charge in [0, 0.05) is 18.9 Å². The van der Waals surface area contributed by atoms with E-state index >= 15 is 0 Å². The third-order valence-corrected chi connectivity index (χ3v) is 2.83. The van der Waals surface area contributed by atoms with Crippen molar-refractivity contribution in [2.75, 3.05) is 0 Å². The van der Waals surface area contributed by atoms with Crippen molar-refractivity contribution in [3.63, 3.8) is 0 Å². The fourth-order valence-electron chi connectivity index (χ4n) is 1.19. The van der Waals surface area contributed by atoms with Gasteiger partial charge < -0.3 is 0 Å². The summed E-state index contributed by atoms with van der Waals surface area (Å²) < 4.78 is 2.00. The third kappa shape index (κ3) is 3.21. The van der Waals surface area contributed by atoms with Crippen LogP contribution in [0.2, 0.25) is 0 Å². The number of hydrogen-bond acceptors (Lipinski definition) is 1. The molecule has 1 aromatic rings. The van der Waals surface area contributed by atoms with Crippen LogP contribution in [0.25, 0.3) is 0 Å². The monoisotopic (exact) mass is 180 g/mol. The summed E-state index contributed by atoms with van der Waals surface area (Å²) in [6, 6.07) is 1.97. The van der Waals surface area contributed by atoms with Crippen molar-refractivity contribution < 1.29 is 0 Å². The maximum absolute atomic E-state index is 4.19. The molecule has 0 saturated heterocycles. The van der Waals surface area contributed by atoms with Gasteiger partial charge in [0.1, 0.15) is 0 Å². The number of hydrogen-bond donors (Lipinski definition) is 0. The van der Waals surface area contributed by atoms with Crippen LogP contribution in [-0.2, 0) is 6.54 Å². The summed E-state index contributed by atoms with van der Waals surface area (Å²) >= 11 is 0. The Morgan fingerprint density at radius 2 is 2.08 bits per heavy atom. The van der Waals surface area contributed by atoms with E-state index < -0.39 is 0 Å². The maximum atomic E-state index is 4.19. The van der Waals surface area contributed by atoms with Crippen molar-refractivity contribution >= 4 is 0 Å². The predicted molar refractivity (Wildman–Crippen MR) is 55.5 cm³/mol. The van der Waals surface area contributed by atoms with Gasteiger partial charge in [-0.2, -0.15) is 5.10 Å². The highest BCUT2D eigenvalue weighted by Crippen LogP contribution is 2.28. The minimum absolute atomic E-state index is 0.410. The van der Waals surface area contributed by atoms with Gasteiger partial charge in [-0.25, -0.2) is 0 Å². The Bertz CT molecular complexity index is 231. The topological polar surface area (TPSA) is 17.8 Å². The molecule has 0 aliphatic carbocycles. The van der Waals surface area contributed by atoms with Crippen LogP contribution in [-0.4, -0.2) is 9.78 Å². The zero-order valence-electron chi connectivity index (χ0n) is 9.12. The van der Waals surface area contributed by atoms with E-state index in [0.717, 1.165) is 12.5 Å². The number of nitrogens with zero attached hydrogens (tertiary/aromatic N) is 2. The second kappa shape index (κ2) is 3.95. The second-order valence-electron chi connectivity index (χ2n) is 4.82. The third-order valence-electron chi connectivity index (χ3n) is 2.83. The van der Waals surface area contributed by atoms with Crippen LogP contribution in [0.5, 0.6) is 0 Å². The molecule has 0 amide bonds. The van der Waals surface area contributed by atoms with Crippen LogP contribution >= 0.6 is 0 Å². The lowest BCUT2D eigenvalue weighted by atomic mass is 9.80. The Morgan fingerprint density at radius 1 is 1.38 bits per heavy atom. The van der Waals surface area contributed by atoms with Gasteiger partial charge in [0.2, 0.25) is 0 Å². The Hall–Kier alpha value is -0.790. The van der Waals surface area contributed by atoms with E-state index in [0.29, 0.717) is 5.41 Å². The van der Waals surface area contributed by atoms with E-state index in [1.54, 1.807) is 0 Å². The summed E-state index contributed by atoms with van der Waals surface area (Å²) in [5.41, 5.74) is 0.410. The molecule has 2 nitrogen and oxygen atoms in total. The lowest BCUT2D eigenvalue weighted by Crippen LogP contribution is -2.19. The molecule has 2 heteroatoms. The molecule has 0 saturated carbocycles. The minimum atomic E-state index is 0.410. The number of aryl methyl sites for hydroxylation is 1. The van der Waals surface area contributed by atoms with Gasteiger partial charge in [-0.1, -0.05) is 27.7 Å². The van der Waals surface area contributed by atoms with E-state index in [1.165, 1.54) is 6.42 Å². The minimum Gasteiger partial charge on any atom is -0.273 e. The van der Waals surface area contributed by atoms with Crippen LogP contribution in [0.4, 0.5) is 0 Å². The normalized spacial score (nSPS) is 14.5. The number of aromatic nitrogens is 2. The summed E-state index contributed by atoms with van der Waals surface area (Å²) in [7, 11) is 0. The summed E-state index contributed by atoms with van der Waals surface area (Å²) in [4.78, 5) is 0. The van der Waals surface area contributed by atoms with Gasteiger partial charge in [0.15, 0.2) is 0 Å². The van der Waals surface area contributed by atoms with Crippen molar-refractivity contribution in [1.82, 2.24) is 9.78 Å². The summed E-state index contributed by atoms with van der Waals surface area (Å²) in [6.45, 7) is 10.2. The van der Waals surface area contributed by atoms with Crippen LogP contribution in [0.1, 0.15) is 34.1 Å². The molecule has 1 rings (SSSR count). The van der Waals surface area contributed by atoms with Crippen molar-refractivity contribution in [3.05, 3.63) is 18.5 Å². The first-order valence-corrected chi connectivity index (χ1v) is 4.97. The highest BCUT2D eigenvalue weighted by atomic mass is 15.3. The van der Waals surface area contributed by atoms with Gasteiger partial charge in [0.25, 0.3) is 0 Å². The lowest BCUT2D eigenvalue weighted by molar-refractivity contribution is 0.235. The molecule has 0 aromatic carbocycles. The van der Waals surface area contributed by atoms with Crippen molar-refractivity contribution in [2.24, 2.45) is 11.3 Å².